The van der Waals surface area contributed by atoms with Crippen molar-refractivity contribution in [2.24, 2.45) is 11.7 Å². The Morgan fingerprint density at radius 3 is 2.74 bits per heavy atom. The number of likely N-dealkylation sites (tertiary alicyclic amines) is 1. The van der Waals surface area contributed by atoms with Crippen molar-refractivity contribution in [1.29, 1.82) is 0 Å². The third kappa shape index (κ3) is 6.83. The molecule has 2 aromatic rings. The van der Waals surface area contributed by atoms with Crippen molar-refractivity contribution in [1.82, 2.24) is 14.8 Å². The molecule has 0 bridgehead atoms. The number of carbonyl (C=O) groups is 2. The predicted octanol–water partition coefficient (Wildman–Crippen LogP) is 2.88. The van der Waals surface area contributed by atoms with Gasteiger partial charge in [0.2, 0.25) is 18.4 Å². The number of aliphatic carboxylic acids is 1. The summed E-state index contributed by atoms with van der Waals surface area (Å²) in [7, 11) is 1.55. The molecule has 0 aliphatic carbocycles. The molecule has 1 aromatic carbocycles. The van der Waals surface area contributed by atoms with E-state index in [2.05, 4.69) is 11.9 Å². The number of unbranched alkanes of at least 4 members (excludes halogenated alkanes) is 2. The lowest BCUT2D eigenvalue weighted by atomic mass is 9.83. The number of rotatable bonds is 15. The Labute approximate surface area is 229 Å². The van der Waals surface area contributed by atoms with Gasteiger partial charge in [0.1, 0.15) is 6.26 Å². The highest BCUT2D eigenvalue weighted by Gasteiger charge is 2.47. The maximum atomic E-state index is 13.6. The molecule has 3 N–H and O–H groups in total. The zero-order valence-electron chi connectivity index (χ0n) is 22.8. The van der Waals surface area contributed by atoms with E-state index in [0.29, 0.717) is 62.2 Å². The molecule has 1 amide bonds. The van der Waals surface area contributed by atoms with E-state index in [1.165, 1.54) is 6.26 Å². The number of fused-ring (bicyclic) bond motifs is 1. The van der Waals surface area contributed by atoms with Crippen LogP contribution in [0.15, 0.2) is 29.0 Å². The molecular weight excluding hydrogens is 504 g/mol. The van der Waals surface area contributed by atoms with Gasteiger partial charge in [0.15, 0.2) is 17.4 Å². The molecule has 11 nitrogen and oxygen atoms in total. The minimum absolute atomic E-state index is 0.00894. The number of hydrogen-bond acceptors (Lipinski definition) is 9. The number of nitrogens with two attached hydrogens (primary N) is 1. The number of carboxylic acids is 1. The van der Waals surface area contributed by atoms with E-state index >= 15 is 0 Å². The van der Waals surface area contributed by atoms with Crippen molar-refractivity contribution in [2.75, 3.05) is 46.6 Å². The summed E-state index contributed by atoms with van der Waals surface area (Å²) in [6, 6.07) is 3.27. The number of nitrogens with zero attached hydrogens (tertiary/aromatic N) is 3. The van der Waals surface area contributed by atoms with Crippen LogP contribution in [-0.4, -0.2) is 84.4 Å². The highest BCUT2D eigenvalue weighted by molar-refractivity contribution is 5.79. The molecule has 0 saturated carbocycles. The summed E-state index contributed by atoms with van der Waals surface area (Å²) in [5.74, 6) is 0.0662. The Morgan fingerprint density at radius 1 is 1.23 bits per heavy atom. The summed E-state index contributed by atoms with van der Waals surface area (Å²) in [4.78, 5) is 34.5. The smallest absolute Gasteiger partial charge is 0.308 e. The summed E-state index contributed by atoms with van der Waals surface area (Å²) in [6.07, 6.45) is 7.65. The van der Waals surface area contributed by atoms with E-state index in [1.54, 1.807) is 13.3 Å². The number of ether oxygens (including phenoxy) is 3. The highest BCUT2D eigenvalue weighted by atomic mass is 16.7. The van der Waals surface area contributed by atoms with Crippen molar-refractivity contribution in [2.45, 2.75) is 57.4 Å². The number of amides is 1. The Morgan fingerprint density at radius 2 is 2.05 bits per heavy atom. The summed E-state index contributed by atoms with van der Waals surface area (Å²) < 4.78 is 22.1. The Balaban J connectivity index is 1.61. The van der Waals surface area contributed by atoms with Gasteiger partial charge in [-0.25, -0.2) is 4.98 Å². The van der Waals surface area contributed by atoms with Crippen LogP contribution in [0.2, 0.25) is 0 Å². The maximum absolute atomic E-state index is 13.6. The van der Waals surface area contributed by atoms with Crippen molar-refractivity contribution in [3.63, 3.8) is 0 Å². The molecule has 1 saturated heterocycles. The summed E-state index contributed by atoms with van der Waals surface area (Å²) >= 11 is 0. The number of methoxy groups -OCH3 is 1. The van der Waals surface area contributed by atoms with E-state index < -0.39 is 17.9 Å². The maximum Gasteiger partial charge on any atom is 0.308 e. The summed E-state index contributed by atoms with van der Waals surface area (Å²) in [6.45, 7) is 4.65. The first kappa shape index (κ1) is 28.7. The van der Waals surface area contributed by atoms with E-state index in [0.717, 1.165) is 31.2 Å². The zero-order chi connectivity index (χ0) is 27.8. The predicted molar refractivity (Wildman–Crippen MR) is 143 cm³/mol. The average Bonchev–Trinajstić information content (AvgIpc) is 3.69. The van der Waals surface area contributed by atoms with Crippen molar-refractivity contribution in [3.8, 4) is 17.2 Å². The minimum Gasteiger partial charge on any atom is -0.493 e. The van der Waals surface area contributed by atoms with Crippen LogP contribution >= 0.6 is 0 Å². The van der Waals surface area contributed by atoms with Crippen LogP contribution in [0.3, 0.4) is 0 Å². The number of benzene rings is 1. The van der Waals surface area contributed by atoms with Gasteiger partial charge in [-0.3, -0.25) is 14.5 Å². The fraction of sp³-hybridized carbons (Fsp3) is 0.607. The second-order valence-corrected chi connectivity index (χ2v) is 10.1. The molecule has 1 unspecified atom stereocenters. The van der Waals surface area contributed by atoms with Crippen molar-refractivity contribution >= 4 is 11.9 Å². The molecule has 1 aromatic heterocycles. The summed E-state index contributed by atoms with van der Waals surface area (Å²) in [5, 5.41) is 10.5. The Hall–Kier alpha value is -3.31. The van der Waals surface area contributed by atoms with Gasteiger partial charge in [-0.2, -0.15) is 0 Å². The van der Waals surface area contributed by atoms with Gasteiger partial charge >= 0.3 is 5.97 Å². The zero-order valence-corrected chi connectivity index (χ0v) is 22.8. The van der Waals surface area contributed by atoms with E-state index in [4.69, 9.17) is 24.4 Å². The first-order valence-corrected chi connectivity index (χ1v) is 13.8. The Bertz CT molecular complexity index is 1090. The molecule has 4 rings (SSSR count). The molecule has 214 valence electrons. The number of aryl methyl sites for hydroxylation is 1. The lowest BCUT2D eigenvalue weighted by Crippen LogP contribution is -2.45. The SMILES string of the molecule is CCCCN(CCCCN)C(=O)CN1C[C@H](c2cc(OC)c3c(c2)OCO3)C(C(=O)O)[C@@H]1CCc1ncco1. The van der Waals surface area contributed by atoms with Crippen molar-refractivity contribution in [3.05, 3.63) is 36.0 Å². The quantitative estimate of drug-likeness (QED) is 0.322. The second kappa shape index (κ2) is 13.7. The fourth-order valence-corrected chi connectivity index (χ4v) is 5.63. The highest BCUT2D eigenvalue weighted by Crippen LogP contribution is 2.47. The molecule has 39 heavy (non-hydrogen) atoms. The van der Waals surface area contributed by atoms with Gasteiger partial charge in [0.25, 0.3) is 0 Å². The number of carbonyl (C=O) groups excluding carboxylic acids is 1. The van der Waals surface area contributed by atoms with E-state index in [-0.39, 0.29) is 25.2 Å². The first-order valence-electron chi connectivity index (χ1n) is 13.8. The fourth-order valence-electron chi connectivity index (χ4n) is 5.63. The molecule has 2 aliphatic heterocycles. The first-order chi connectivity index (χ1) is 19.0. The standard InChI is InChI=1S/C28H40N4O7/c1-3-4-11-31(12-6-5-9-29)25(33)17-32-16-20(19-14-22(36-2)27-23(15-19)38-18-39-27)26(28(34)35)21(32)7-8-24-30-10-13-37-24/h10,13-15,20-21,26H,3-9,11-12,16-18,29H2,1-2H3,(H,34,35)/t20-,21+,26?/m1/s1. The van der Waals surface area contributed by atoms with E-state index in [1.807, 2.05) is 21.9 Å². The monoisotopic (exact) mass is 544 g/mol. The summed E-state index contributed by atoms with van der Waals surface area (Å²) in [5.41, 5.74) is 6.46. The number of hydrogen-bond donors (Lipinski definition) is 2. The molecule has 0 radical (unpaired) electrons. The van der Waals surface area contributed by atoms with Gasteiger partial charge in [-0.1, -0.05) is 13.3 Å². The van der Waals surface area contributed by atoms with Gasteiger partial charge in [0.05, 0.1) is 25.8 Å². The second-order valence-electron chi connectivity index (χ2n) is 10.1. The van der Waals surface area contributed by atoms with Gasteiger partial charge < -0.3 is 34.4 Å². The average molecular weight is 545 g/mol. The Kier molecular flexibility index (Phi) is 10.0. The van der Waals surface area contributed by atoms with Crippen LogP contribution < -0.4 is 19.9 Å². The van der Waals surface area contributed by atoms with Crippen LogP contribution in [0.25, 0.3) is 0 Å². The number of oxazole rings is 1. The van der Waals surface area contributed by atoms with Gasteiger partial charge in [0, 0.05) is 38.0 Å². The molecule has 0 spiro atoms. The largest absolute Gasteiger partial charge is 0.493 e. The third-order valence-electron chi connectivity index (χ3n) is 7.63. The minimum atomic E-state index is -0.908. The molecule has 3 atom stereocenters. The van der Waals surface area contributed by atoms with Crippen LogP contribution in [0.1, 0.15) is 56.4 Å². The molecule has 1 fully saturated rings. The van der Waals surface area contributed by atoms with Crippen LogP contribution in [0, 0.1) is 5.92 Å². The van der Waals surface area contributed by atoms with Crippen molar-refractivity contribution < 1.29 is 33.3 Å². The number of carboxylic acid groups (broad SMARTS) is 1. The van der Waals surface area contributed by atoms with Crippen LogP contribution in [-0.2, 0) is 16.0 Å². The van der Waals surface area contributed by atoms with E-state index in [9.17, 15) is 14.7 Å². The lowest BCUT2D eigenvalue weighted by Gasteiger charge is -2.29. The van der Waals surface area contributed by atoms with Crippen LogP contribution in [0.5, 0.6) is 17.2 Å². The lowest BCUT2D eigenvalue weighted by molar-refractivity contribution is -0.143. The topological polar surface area (TPSA) is 141 Å². The van der Waals surface area contributed by atoms with Crippen LogP contribution in [0.4, 0.5) is 0 Å². The number of aromatic nitrogens is 1. The third-order valence-corrected chi connectivity index (χ3v) is 7.63. The molecular formula is C28H40N4O7. The van der Waals surface area contributed by atoms with Gasteiger partial charge in [-0.05, 0) is 49.9 Å². The van der Waals surface area contributed by atoms with Gasteiger partial charge in [-0.15, -0.1) is 0 Å². The molecule has 3 heterocycles. The molecule has 2 aliphatic rings. The normalized spacial score (nSPS) is 20.3. The molecule has 11 heteroatoms.